The molecule has 0 spiro atoms. The van der Waals surface area contributed by atoms with Crippen LogP contribution in [-0.2, 0) is 6.42 Å². The van der Waals surface area contributed by atoms with Crippen molar-refractivity contribution in [2.24, 2.45) is 0 Å². The molecule has 2 N–H and O–H groups in total. The Bertz CT molecular complexity index is 966. The number of thiazole rings is 1. The number of nitrogens with one attached hydrogen (secondary N) is 2. The van der Waals surface area contributed by atoms with Gasteiger partial charge < -0.3 is 20.1 Å². The third kappa shape index (κ3) is 4.42. The molecule has 1 aromatic carbocycles. The van der Waals surface area contributed by atoms with E-state index in [2.05, 4.69) is 20.7 Å². The molecular weight excluding hydrogens is 378 g/mol. The van der Waals surface area contributed by atoms with Crippen LogP contribution in [-0.4, -0.2) is 41.6 Å². The monoisotopic (exact) mass is 401 g/mol. The van der Waals surface area contributed by atoms with Crippen molar-refractivity contribution in [2.45, 2.75) is 20.3 Å². The highest BCUT2D eigenvalue weighted by atomic mass is 32.1. The molecule has 3 rings (SSSR count). The Hall–Kier alpha value is -3.07. The molecule has 2 heterocycles. The smallest absolute Gasteiger partial charge is 0.319 e. The molecule has 0 aliphatic heterocycles. The summed E-state index contributed by atoms with van der Waals surface area (Å²) in [7, 11) is 3.08. The van der Waals surface area contributed by atoms with Gasteiger partial charge in [0.25, 0.3) is 0 Å². The van der Waals surface area contributed by atoms with Crippen molar-refractivity contribution in [1.29, 1.82) is 0 Å². The van der Waals surface area contributed by atoms with Crippen molar-refractivity contribution >= 4 is 23.1 Å². The summed E-state index contributed by atoms with van der Waals surface area (Å²) >= 11 is 1.53. The molecule has 8 nitrogen and oxygen atoms in total. The Balaban J connectivity index is 1.55. The number of amides is 2. The second-order valence-electron chi connectivity index (χ2n) is 6.13. The molecule has 28 heavy (non-hydrogen) atoms. The number of anilines is 1. The van der Waals surface area contributed by atoms with Gasteiger partial charge in [0.15, 0.2) is 11.5 Å². The molecule has 0 radical (unpaired) electrons. The zero-order valence-electron chi connectivity index (χ0n) is 16.3. The molecule has 0 fully saturated rings. The van der Waals surface area contributed by atoms with Crippen molar-refractivity contribution in [2.75, 3.05) is 26.1 Å². The summed E-state index contributed by atoms with van der Waals surface area (Å²) in [6, 6.07) is 7.00. The molecule has 0 unspecified atom stereocenters. The highest BCUT2D eigenvalue weighted by Crippen LogP contribution is 2.34. The van der Waals surface area contributed by atoms with Crippen LogP contribution >= 0.6 is 11.3 Å². The average Bonchev–Trinajstić information content (AvgIpc) is 3.27. The van der Waals surface area contributed by atoms with Crippen LogP contribution in [0.4, 0.5) is 10.5 Å². The minimum absolute atomic E-state index is 0.319. The van der Waals surface area contributed by atoms with Crippen LogP contribution in [0.3, 0.4) is 0 Å². The molecule has 0 saturated carbocycles. The largest absolute Gasteiger partial charge is 0.493 e. The summed E-state index contributed by atoms with van der Waals surface area (Å²) in [4.78, 5) is 16.8. The van der Waals surface area contributed by atoms with Crippen LogP contribution < -0.4 is 20.1 Å². The number of aryl methyl sites for hydroxylation is 2. The molecule has 0 atom stereocenters. The van der Waals surface area contributed by atoms with Gasteiger partial charge in [0.1, 0.15) is 0 Å². The van der Waals surface area contributed by atoms with E-state index in [1.807, 2.05) is 30.0 Å². The first-order valence-corrected chi connectivity index (χ1v) is 9.63. The summed E-state index contributed by atoms with van der Waals surface area (Å²) in [6.45, 7) is 4.41. The number of carbonyl (C=O) groups excluding carboxylic acids is 1. The van der Waals surface area contributed by atoms with Crippen LogP contribution in [0.2, 0.25) is 0 Å². The predicted molar refractivity (Wildman–Crippen MR) is 109 cm³/mol. The van der Waals surface area contributed by atoms with E-state index in [-0.39, 0.29) is 6.03 Å². The van der Waals surface area contributed by atoms with Crippen molar-refractivity contribution in [3.8, 4) is 16.6 Å². The third-order valence-electron chi connectivity index (χ3n) is 4.05. The quantitative estimate of drug-likeness (QED) is 0.634. The van der Waals surface area contributed by atoms with Gasteiger partial charge in [-0.15, -0.1) is 11.3 Å². The first-order valence-electron chi connectivity index (χ1n) is 8.75. The number of urea groups is 1. The molecule has 3 aromatic rings. The number of nitrogens with zero attached hydrogens (tertiary/aromatic N) is 3. The molecule has 0 bridgehead atoms. The van der Waals surface area contributed by atoms with Crippen molar-refractivity contribution in [1.82, 2.24) is 20.1 Å². The highest BCUT2D eigenvalue weighted by Gasteiger charge is 2.12. The maximum Gasteiger partial charge on any atom is 0.319 e. The number of hydrogen-bond donors (Lipinski definition) is 2. The van der Waals surface area contributed by atoms with Crippen LogP contribution in [0, 0.1) is 13.8 Å². The lowest BCUT2D eigenvalue weighted by atomic mass is 10.2. The lowest BCUT2D eigenvalue weighted by Crippen LogP contribution is -2.30. The van der Waals surface area contributed by atoms with Crippen molar-refractivity contribution in [3.05, 3.63) is 46.7 Å². The number of para-hydroxylation sites is 1. The van der Waals surface area contributed by atoms with E-state index >= 15 is 0 Å². The van der Waals surface area contributed by atoms with Gasteiger partial charge in [-0.1, -0.05) is 6.07 Å². The number of carbonyl (C=O) groups is 1. The zero-order chi connectivity index (χ0) is 20.1. The number of benzene rings is 1. The Morgan fingerprint density at radius 1 is 1.25 bits per heavy atom. The van der Waals surface area contributed by atoms with Gasteiger partial charge >= 0.3 is 6.03 Å². The second-order valence-corrected chi connectivity index (χ2v) is 6.97. The number of hydrogen-bond acceptors (Lipinski definition) is 6. The number of rotatable bonds is 7. The summed E-state index contributed by atoms with van der Waals surface area (Å²) in [5.74, 6) is 1.04. The van der Waals surface area contributed by atoms with Gasteiger partial charge in [-0.05, 0) is 32.0 Å². The molecule has 2 aromatic heterocycles. The van der Waals surface area contributed by atoms with Crippen LogP contribution in [0.1, 0.15) is 17.1 Å². The molecule has 0 saturated heterocycles. The Kier molecular flexibility index (Phi) is 6.15. The fourth-order valence-electron chi connectivity index (χ4n) is 2.79. The summed E-state index contributed by atoms with van der Waals surface area (Å²) in [6.07, 6.45) is 0.623. The van der Waals surface area contributed by atoms with E-state index in [4.69, 9.17) is 9.47 Å². The Morgan fingerprint density at radius 3 is 2.75 bits per heavy atom. The SMILES string of the molecule is COc1cccc(NC(=O)NCCc2csc(-n3nc(C)cc3C)n2)c1OC. The van der Waals surface area contributed by atoms with Gasteiger partial charge in [0.2, 0.25) is 5.13 Å². The van der Waals surface area contributed by atoms with Crippen molar-refractivity contribution < 1.29 is 14.3 Å². The molecule has 9 heteroatoms. The van der Waals surface area contributed by atoms with E-state index in [0.29, 0.717) is 30.2 Å². The maximum atomic E-state index is 12.2. The van der Waals surface area contributed by atoms with Crippen LogP contribution in [0.15, 0.2) is 29.6 Å². The molecule has 2 amide bonds. The normalized spacial score (nSPS) is 10.6. The number of aromatic nitrogens is 3. The number of methoxy groups -OCH3 is 2. The van der Waals surface area contributed by atoms with E-state index < -0.39 is 0 Å². The highest BCUT2D eigenvalue weighted by molar-refractivity contribution is 7.12. The third-order valence-corrected chi connectivity index (χ3v) is 4.91. The number of ether oxygens (including phenoxy) is 2. The van der Waals surface area contributed by atoms with Crippen LogP contribution in [0.25, 0.3) is 5.13 Å². The second kappa shape index (κ2) is 8.75. The lowest BCUT2D eigenvalue weighted by molar-refractivity contribution is 0.252. The zero-order valence-corrected chi connectivity index (χ0v) is 17.1. The minimum Gasteiger partial charge on any atom is -0.493 e. The Morgan fingerprint density at radius 2 is 2.07 bits per heavy atom. The van der Waals surface area contributed by atoms with Crippen LogP contribution in [0.5, 0.6) is 11.5 Å². The first kappa shape index (κ1) is 19.7. The van der Waals surface area contributed by atoms with Gasteiger partial charge in [0, 0.05) is 24.0 Å². The summed E-state index contributed by atoms with van der Waals surface area (Å²) in [5.41, 5.74) is 3.45. The molecule has 0 aliphatic carbocycles. The van der Waals surface area contributed by atoms with Gasteiger partial charge in [-0.2, -0.15) is 5.10 Å². The fourth-order valence-corrected chi connectivity index (χ4v) is 3.65. The molecule has 148 valence electrons. The van der Waals surface area contributed by atoms with Gasteiger partial charge in [-0.25, -0.2) is 14.5 Å². The topological polar surface area (TPSA) is 90.3 Å². The molecule has 0 aliphatic rings. The van der Waals surface area contributed by atoms with E-state index in [1.165, 1.54) is 18.4 Å². The van der Waals surface area contributed by atoms with E-state index in [1.54, 1.807) is 25.3 Å². The molecular formula is C19H23N5O3S. The minimum atomic E-state index is -0.319. The first-order chi connectivity index (χ1) is 13.5. The average molecular weight is 401 g/mol. The standard InChI is InChI=1S/C19H23N5O3S/c1-12-10-13(2)24(23-12)19-21-14(11-28-19)8-9-20-18(25)22-15-6-5-7-16(26-3)17(15)27-4/h5-7,10-11H,8-9H2,1-4H3,(H2,20,22,25). The van der Waals surface area contributed by atoms with E-state index in [9.17, 15) is 4.79 Å². The summed E-state index contributed by atoms with van der Waals surface area (Å²) < 4.78 is 12.4. The van der Waals surface area contributed by atoms with E-state index in [0.717, 1.165) is 22.2 Å². The predicted octanol–water partition coefficient (Wildman–Crippen LogP) is 3.33. The Labute approximate surface area is 167 Å². The van der Waals surface area contributed by atoms with Gasteiger partial charge in [0.05, 0.1) is 31.3 Å². The van der Waals surface area contributed by atoms with Crippen molar-refractivity contribution in [3.63, 3.8) is 0 Å². The lowest BCUT2D eigenvalue weighted by Gasteiger charge is -2.13. The van der Waals surface area contributed by atoms with Gasteiger partial charge in [-0.3, -0.25) is 0 Å². The summed E-state index contributed by atoms with van der Waals surface area (Å²) in [5, 5.41) is 12.9. The maximum absolute atomic E-state index is 12.2. The fraction of sp³-hybridized carbons (Fsp3) is 0.316.